The van der Waals surface area contributed by atoms with E-state index in [-0.39, 0.29) is 12.2 Å². The van der Waals surface area contributed by atoms with Crippen LogP contribution in [-0.4, -0.2) is 10.8 Å². The molecule has 0 bridgehead atoms. The van der Waals surface area contributed by atoms with E-state index in [1.807, 2.05) is 37.4 Å². The second-order valence-electron chi connectivity index (χ2n) is 9.62. The normalized spacial score (nSPS) is 17.3. The number of benzene rings is 4. The number of aliphatic imine (C=N–C) groups is 1. The standard InChI is InChI=1S/C33H27N3/c1-2-3-4-14-27(34)22-19-26-24-12-6-5-11-23(24)25-13-9-10-21-16-17-28-33(31(21)25)32(26)29(20-22)36(28)30-15-7-8-18-35-30/h2-14,16-20,27,30H,15,34H2,1H3/b3-2-,14-4-. The summed E-state index contributed by atoms with van der Waals surface area (Å²) in [4.78, 5) is 4.90. The zero-order valence-corrected chi connectivity index (χ0v) is 20.2. The van der Waals surface area contributed by atoms with E-state index in [0.29, 0.717) is 0 Å². The summed E-state index contributed by atoms with van der Waals surface area (Å²) in [7, 11) is 0. The van der Waals surface area contributed by atoms with Crippen LogP contribution in [0.4, 0.5) is 0 Å². The molecule has 2 unspecified atom stereocenters. The lowest BCUT2D eigenvalue weighted by Gasteiger charge is -2.20. The first-order valence-corrected chi connectivity index (χ1v) is 12.6. The van der Waals surface area contributed by atoms with E-state index in [1.54, 1.807) is 0 Å². The molecule has 36 heavy (non-hydrogen) atoms. The van der Waals surface area contributed by atoms with Gasteiger partial charge in [0.05, 0.1) is 11.0 Å². The number of rotatable bonds is 4. The highest BCUT2D eigenvalue weighted by Crippen LogP contribution is 2.50. The number of hydrogen-bond donors (Lipinski definition) is 1. The van der Waals surface area contributed by atoms with E-state index in [4.69, 9.17) is 10.7 Å². The molecule has 0 saturated carbocycles. The largest absolute Gasteiger partial charge is 0.321 e. The number of dihydropyridines is 1. The quantitative estimate of drug-likeness (QED) is 0.262. The number of fused-ring (bicyclic) bond motifs is 3. The molecule has 2 atom stereocenters. The first-order chi connectivity index (χ1) is 17.8. The van der Waals surface area contributed by atoms with Gasteiger partial charge in [-0.25, -0.2) is 0 Å². The number of aromatic nitrogens is 1. The van der Waals surface area contributed by atoms with Gasteiger partial charge in [-0.15, -0.1) is 0 Å². The highest BCUT2D eigenvalue weighted by atomic mass is 15.1. The maximum Gasteiger partial charge on any atom is 0.129 e. The molecule has 1 aliphatic heterocycles. The van der Waals surface area contributed by atoms with Crippen LogP contribution in [0.1, 0.15) is 31.1 Å². The van der Waals surface area contributed by atoms with Crippen molar-refractivity contribution in [3.05, 3.63) is 109 Å². The molecule has 3 heteroatoms. The molecule has 174 valence electrons. The van der Waals surface area contributed by atoms with Crippen molar-refractivity contribution in [3.63, 3.8) is 0 Å². The Morgan fingerprint density at radius 2 is 1.69 bits per heavy atom. The predicted octanol–water partition coefficient (Wildman–Crippen LogP) is 8.26. The summed E-state index contributed by atoms with van der Waals surface area (Å²) in [5, 5.41) is 5.21. The van der Waals surface area contributed by atoms with E-state index >= 15 is 0 Å². The molecule has 2 heterocycles. The van der Waals surface area contributed by atoms with Gasteiger partial charge in [0.15, 0.2) is 0 Å². The monoisotopic (exact) mass is 465 g/mol. The molecular weight excluding hydrogens is 438 g/mol. The summed E-state index contributed by atoms with van der Waals surface area (Å²) in [6, 6.07) is 24.4. The van der Waals surface area contributed by atoms with E-state index in [9.17, 15) is 0 Å². The number of nitrogens with two attached hydrogens (primary N) is 1. The van der Waals surface area contributed by atoms with Crippen LogP contribution in [0, 0.1) is 0 Å². The molecule has 3 nitrogen and oxygen atoms in total. The number of allylic oxidation sites excluding steroid dienone is 4. The fraction of sp³-hybridized carbons (Fsp3) is 0.121. The minimum atomic E-state index is -0.208. The smallest absolute Gasteiger partial charge is 0.129 e. The maximum absolute atomic E-state index is 6.74. The van der Waals surface area contributed by atoms with E-state index in [1.165, 1.54) is 54.8 Å². The van der Waals surface area contributed by atoms with Gasteiger partial charge < -0.3 is 10.3 Å². The lowest BCUT2D eigenvalue weighted by molar-refractivity contribution is 0.562. The van der Waals surface area contributed by atoms with Gasteiger partial charge in [0.1, 0.15) is 6.17 Å². The Labute approximate surface area is 210 Å². The van der Waals surface area contributed by atoms with E-state index in [2.05, 4.69) is 83.4 Å². The van der Waals surface area contributed by atoms with Crippen molar-refractivity contribution < 1.29 is 0 Å². The van der Waals surface area contributed by atoms with Gasteiger partial charge in [0, 0.05) is 29.4 Å². The van der Waals surface area contributed by atoms with Crippen molar-refractivity contribution in [1.29, 1.82) is 0 Å². The van der Waals surface area contributed by atoms with E-state index in [0.717, 1.165) is 12.0 Å². The third-order valence-electron chi connectivity index (χ3n) is 7.57. The lowest BCUT2D eigenvalue weighted by Crippen LogP contribution is -2.10. The SMILES string of the molecule is C/C=C\C=C/C(N)c1cc2c3c4c5c(cccc5ccc4n(C4CC=CC=N4)c3c1)-c1ccccc1-2. The Bertz CT molecular complexity index is 1800. The van der Waals surface area contributed by atoms with E-state index < -0.39 is 0 Å². The maximum atomic E-state index is 6.74. The first-order valence-electron chi connectivity index (χ1n) is 12.6. The zero-order valence-electron chi connectivity index (χ0n) is 20.2. The molecule has 2 N–H and O–H groups in total. The predicted molar refractivity (Wildman–Crippen MR) is 154 cm³/mol. The highest BCUT2D eigenvalue weighted by Gasteiger charge is 2.27. The van der Waals surface area contributed by atoms with Crippen LogP contribution < -0.4 is 5.73 Å². The summed E-state index contributed by atoms with van der Waals surface area (Å²) in [6.45, 7) is 2.02. The van der Waals surface area contributed by atoms with Crippen molar-refractivity contribution in [2.75, 3.05) is 0 Å². The average Bonchev–Trinajstić information content (AvgIpc) is 3.20. The van der Waals surface area contributed by atoms with Crippen LogP contribution >= 0.6 is 0 Å². The molecular formula is C33H27N3. The van der Waals surface area contributed by atoms with Gasteiger partial charge in [0.25, 0.3) is 0 Å². The van der Waals surface area contributed by atoms with Crippen molar-refractivity contribution in [2.24, 2.45) is 10.7 Å². The third kappa shape index (κ3) is 3.00. The summed E-state index contributed by atoms with van der Waals surface area (Å²) in [6.07, 6.45) is 15.2. The van der Waals surface area contributed by atoms with Crippen molar-refractivity contribution in [1.82, 2.24) is 4.57 Å². The minimum absolute atomic E-state index is 0.0205. The van der Waals surface area contributed by atoms with Gasteiger partial charge in [0.2, 0.25) is 0 Å². The Hall–Kier alpha value is -4.21. The molecule has 0 saturated heterocycles. The second kappa shape index (κ2) is 8.18. The molecule has 0 amide bonds. The van der Waals surface area contributed by atoms with Gasteiger partial charge in [-0.3, -0.25) is 4.99 Å². The first kappa shape index (κ1) is 21.1. The summed E-state index contributed by atoms with van der Waals surface area (Å²) >= 11 is 0. The molecule has 1 aliphatic carbocycles. The molecule has 0 fully saturated rings. The number of hydrogen-bond acceptors (Lipinski definition) is 2. The van der Waals surface area contributed by atoms with Crippen molar-refractivity contribution in [2.45, 2.75) is 25.6 Å². The lowest BCUT2D eigenvalue weighted by atomic mass is 9.92. The Balaban J connectivity index is 1.67. The fourth-order valence-electron chi connectivity index (χ4n) is 6.01. The fourth-order valence-corrected chi connectivity index (χ4v) is 6.01. The van der Waals surface area contributed by atoms with Gasteiger partial charge in [-0.2, -0.15) is 0 Å². The Morgan fingerprint density at radius 1 is 0.861 bits per heavy atom. The Morgan fingerprint density at radius 3 is 2.50 bits per heavy atom. The third-order valence-corrected chi connectivity index (χ3v) is 7.57. The Kier molecular flexibility index (Phi) is 4.80. The number of nitrogens with zero attached hydrogens (tertiary/aromatic N) is 2. The van der Waals surface area contributed by atoms with Crippen LogP contribution in [0.15, 0.2) is 108 Å². The molecule has 2 aliphatic rings. The van der Waals surface area contributed by atoms with Crippen LogP contribution in [0.3, 0.4) is 0 Å². The van der Waals surface area contributed by atoms with Crippen LogP contribution in [0.5, 0.6) is 0 Å². The van der Waals surface area contributed by atoms with Gasteiger partial charge >= 0.3 is 0 Å². The van der Waals surface area contributed by atoms with Crippen LogP contribution in [-0.2, 0) is 0 Å². The average molecular weight is 466 g/mol. The summed E-state index contributed by atoms with van der Waals surface area (Å²) < 4.78 is 2.43. The molecule has 4 aromatic carbocycles. The molecule has 7 rings (SSSR count). The highest BCUT2D eigenvalue weighted by molar-refractivity contribution is 6.30. The molecule has 0 radical (unpaired) electrons. The van der Waals surface area contributed by atoms with Crippen LogP contribution in [0.2, 0.25) is 0 Å². The topological polar surface area (TPSA) is 43.3 Å². The second-order valence-corrected chi connectivity index (χ2v) is 9.62. The summed E-state index contributed by atoms with van der Waals surface area (Å²) in [5.74, 6) is 0. The summed E-state index contributed by atoms with van der Waals surface area (Å²) in [5.41, 5.74) is 15.3. The minimum Gasteiger partial charge on any atom is -0.321 e. The van der Waals surface area contributed by atoms with Crippen molar-refractivity contribution in [3.8, 4) is 22.3 Å². The van der Waals surface area contributed by atoms with Gasteiger partial charge in [-0.1, -0.05) is 78.9 Å². The van der Waals surface area contributed by atoms with Crippen molar-refractivity contribution >= 4 is 38.8 Å². The van der Waals surface area contributed by atoms with Gasteiger partial charge in [-0.05, 0) is 69.8 Å². The molecule has 1 aromatic heterocycles. The molecule has 5 aromatic rings. The zero-order chi connectivity index (χ0) is 24.2. The molecule has 0 spiro atoms. The van der Waals surface area contributed by atoms with Crippen LogP contribution in [0.25, 0.3) is 54.8 Å².